The summed E-state index contributed by atoms with van der Waals surface area (Å²) in [4.78, 5) is 10.2. The molecule has 4 nitrogen and oxygen atoms in total. The van der Waals surface area contributed by atoms with E-state index in [0.717, 1.165) is 28.5 Å². The third kappa shape index (κ3) is 5.41. The van der Waals surface area contributed by atoms with E-state index in [4.69, 9.17) is 10.1 Å². The summed E-state index contributed by atoms with van der Waals surface area (Å²) in [7, 11) is -2.95. The van der Waals surface area contributed by atoms with Crippen LogP contribution in [-0.4, -0.2) is 22.8 Å². The maximum absolute atomic E-state index is 5.30. The molecule has 0 bridgehead atoms. The van der Waals surface area contributed by atoms with Crippen molar-refractivity contribution in [3.8, 4) is 16.8 Å². The van der Waals surface area contributed by atoms with Crippen LogP contribution in [0.5, 0.6) is 0 Å². The highest BCUT2D eigenvalue weighted by atomic mass is 32.2. The van der Waals surface area contributed by atoms with Crippen LogP contribution in [-0.2, 0) is 10.8 Å². The Morgan fingerprint density at radius 3 is 1.87 bits per heavy atom. The van der Waals surface area contributed by atoms with Crippen LogP contribution in [0.4, 0.5) is 17.1 Å². The molecule has 0 atom stereocenters. The molecular formula is C48H46N4SSi. The summed E-state index contributed by atoms with van der Waals surface area (Å²) in [6.07, 6.45) is 1.99. The predicted octanol–water partition coefficient (Wildman–Crippen LogP) is 9.77. The maximum Gasteiger partial charge on any atom is 0.203 e. The van der Waals surface area contributed by atoms with Crippen LogP contribution in [0.3, 0.4) is 0 Å². The number of hydrogen-bond acceptors (Lipinski definition) is 4. The molecular weight excluding hydrogens is 693 g/mol. The molecule has 0 spiro atoms. The molecule has 6 heteroatoms. The Morgan fingerprint density at radius 1 is 0.574 bits per heavy atom. The molecule has 0 aliphatic carbocycles. The number of nitrogens with zero attached hydrogens (tertiary/aromatic N) is 4. The van der Waals surface area contributed by atoms with Crippen molar-refractivity contribution in [2.24, 2.45) is 0 Å². The fraction of sp³-hybridized carbons (Fsp3) is 0.208. The van der Waals surface area contributed by atoms with E-state index in [2.05, 4.69) is 192 Å². The van der Waals surface area contributed by atoms with Gasteiger partial charge in [0.25, 0.3) is 0 Å². The van der Waals surface area contributed by atoms with Crippen LogP contribution < -0.4 is 25.8 Å². The van der Waals surface area contributed by atoms with Crippen molar-refractivity contribution in [3.05, 3.63) is 156 Å². The van der Waals surface area contributed by atoms with Crippen LogP contribution in [0.25, 0.3) is 16.8 Å². The molecule has 0 radical (unpaired) electrons. The van der Waals surface area contributed by atoms with Gasteiger partial charge in [-0.2, -0.15) is 5.10 Å². The van der Waals surface area contributed by atoms with Crippen molar-refractivity contribution in [2.75, 3.05) is 4.90 Å². The summed E-state index contributed by atoms with van der Waals surface area (Å²) in [6.45, 7) is 18.1. The molecule has 54 heavy (non-hydrogen) atoms. The van der Waals surface area contributed by atoms with E-state index in [1.165, 1.54) is 58.6 Å². The standard InChI is InChI=1S/C48H46N4SSi/c1-31-26-32(2)52(50-31)36-21-24-43-41(30-36)51(40-16-9-10-17-42(40)53-43)35-14-13-15-37(29-35)54(46-18-11-12-25-49-46)44-27-33(47(3,4)5)19-22-38(44)39-23-20-34(28-45(39)54)48(6,7)8/h9-30H,1-8H3. The summed E-state index contributed by atoms with van der Waals surface area (Å²) in [5.41, 5.74) is 12.0. The van der Waals surface area contributed by atoms with E-state index in [1.54, 1.807) is 0 Å². The smallest absolute Gasteiger partial charge is 0.203 e. The Morgan fingerprint density at radius 2 is 1.24 bits per heavy atom. The van der Waals surface area contributed by atoms with Crippen LogP contribution in [0.15, 0.2) is 143 Å². The Balaban J connectivity index is 1.34. The first-order valence-electron chi connectivity index (χ1n) is 18.9. The second-order valence-electron chi connectivity index (χ2n) is 16.9. The molecule has 0 unspecified atom stereocenters. The van der Waals surface area contributed by atoms with Gasteiger partial charge in [0.15, 0.2) is 0 Å². The fourth-order valence-corrected chi connectivity index (χ4v) is 14.6. The molecule has 2 aliphatic rings. The molecule has 4 heterocycles. The molecule has 2 aromatic heterocycles. The molecule has 2 aliphatic heterocycles. The lowest BCUT2D eigenvalue weighted by Gasteiger charge is -2.35. The molecule has 0 N–H and O–H groups in total. The lowest BCUT2D eigenvalue weighted by atomic mass is 9.85. The van der Waals surface area contributed by atoms with E-state index in [9.17, 15) is 0 Å². The van der Waals surface area contributed by atoms with Gasteiger partial charge in [0, 0.05) is 32.7 Å². The first kappa shape index (κ1) is 34.6. The molecule has 9 rings (SSSR count). The van der Waals surface area contributed by atoms with Crippen LogP contribution >= 0.6 is 11.8 Å². The Bertz CT molecular complexity index is 2530. The topological polar surface area (TPSA) is 34.0 Å². The van der Waals surface area contributed by atoms with Gasteiger partial charge in [0.05, 0.1) is 22.8 Å². The number of benzene rings is 5. The van der Waals surface area contributed by atoms with Gasteiger partial charge in [-0.3, -0.25) is 4.98 Å². The summed E-state index contributed by atoms with van der Waals surface area (Å²) in [5.74, 6) is 0. The molecule has 0 saturated carbocycles. The zero-order valence-corrected chi connectivity index (χ0v) is 34.2. The highest BCUT2D eigenvalue weighted by molar-refractivity contribution is 7.99. The van der Waals surface area contributed by atoms with Gasteiger partial charge in [0.2, 0.25) is 8.07 Å². The Kier molecular flexibility index (Phi) is 7.97. The van der Waals surface area contributed by atoms with Crippen LogP contribution in [0.2, 0.25) is 0 Å². The second kappa shape index (κ2) is 12.4. The minimum atomic E-state index is -2.95. The van der Waals surface area contributed by atoms with Crippen molar-refractivity contribution < 1.29 is 0 Å². The summed E-state index contributed by atoms with van der Waals surface area (Å²) >= 11 is 1.84. The van der Waals surface area contributed by atoms with Crippen molar-refractivity contribution in [2.45, 2.75) is 76.0 Å². The third-order valence-electron chi connectivity index (χ3n) is 11.2. The van der Waals surface area contributed by atoms with Gasteiger partial charge in [0.1, 0.15) is 0 Å². The first-order valence-corrected chi connectivity index (χ1v) is 21.7. The van der Waals surface area contributed by atoms with Gasteiger partial charge < -0.3 is 4.90 Å². The number of aryl methyl sites for hydroxylation is 2. The highest BCUT2D eigenvalue weighted by Gasteiger charge is 2.51. The number of pyridine rings is 1. The van der Waals surface area contributed by atoms with Crippen molar-refractivity contribution in [1.82, 2.24) is 14.8 Å². The highest BCUT2D eigenvalue weighted by Crippen LogP contribution is 2.52. The van der Waals surface area contributed by atoms with E-state index in [1.807, 2.05) is 18.0 Å². The summed E-state index contributed by atoms with van der Waals surface area (Å²) in [6, 6.07) is 48.2. The third-order valence-corrected chi connectivity index (χ3v) is 17.0. The van der Waals surface area contributed by atoms with Crippen LogP contribution in [0, 0.1) is 13.8 Å². The van der Waals surface area contributed by atoms with E-state index in [-0.39, 0.29) is 10.8 Å². The van der Waals surface area contributed by atoms with Crippen molar-refractivity contribution >= 4 is 57.8 Å². The summed E-state index contributed by atoms with van der Waals surface area (Å²) < 4.78 is 2.06. The van der Waals surface area contributed by atoms with E-state index < -0.39 is 8.07 Å². The SMILES string of the molecule is Cc1cc(C)n(-c2ccc3c(c2)N(c2cccc([Si]4(c5ccccn5)c5cc(C(C)(C)C)ccc5-c5ccc(C(C)(C)C)cc54)c2)c2ccccc2S3)n1. The van der Waals surface area contributed by atoms with E-state index >= 15 is 0 Å². The molecule has 0 amide bonds. The maximum atomic E-state index is 5.30. The zero-order valence-electron chi connectivity index (χ0n) is 32.4. The number of hydrogen-bond donors (Lipinski definition) is 0. The molecule has 268 valence electrons. The minimum Gasteiger partial charge on any atom is -0.308 e. The number of aromatic nitrogens is 3. The van der Waals surface area contributed by atoms with Gasteiger partial charge in [-0.25, -0.2) is 4.68 Å². The number of anilines is 3. The first-order chi connectivity index (χ1) is 25.8. The monoisotopic (exact) mass is 738 g/mol. The quantitative estimate of drug-likeness (QED) is 0.169. The average Bonchev–Trinajstić information content (AvgIpc) is 3.66. The lowest BCUT2D eigenvalue weighted by molar-refractivity contribution is 0.590. The predicted molar refractivity (Wildman–Crippen MR) is 230 cm³/mol. The van der Waals surface area contributed by atoms with E-state index in [0.29, 0.717) is 0 Å². The van der Waals surface area contributed by atoms with Gasteiger partial charge in [-0.05, 0) is 123 Å². The summed E-state index contributed by atoms with van der Waals surface area (Å²) in [5, 5.41) is 10.2. The lowest BCUT2D eigenvalue weighted by Crippen LogP contribution is -2.73. The normalized spacial score (nSPS) is 14.3. The Hall–Kier alpha value is -5.17. The molecule has 0 saturated heterocycles. The fourth-order valence-electron chi connectivity index (χ4n) is 8.50. The van der Waals surface area contributed by atoms with Crippen LogP contribution in [0.1, 0.15) is 64.1 Å². The average molecular weight is 739 g/mol. The Labute approximate surface area is 325 Å². The number of para-hydroxylation sites is 1. The minimum absolute atomic E-state index is 0.00541. The molecule has 0 fully saturated rings. The number of fused-ring (bicyclic) bond motifs is 5. The number of rotatable bonds is 4. The zero-order chi connectivity index (χ0) is 37.6. The molecule has 5 aromatic carbocycles. The molecule has 7 aromatic rings. The van der Waals surface area contributed by atoms with Gasteiger partial charge >= 0.3 is 0 Å². The van der Waals surface area contributed by atoms with Crippen molar-refractivity contribution in [3.63, 3.8) is 0 Å². The van der Waals surface area contributed by atoms with Gasteiger partial charge in [-0.1, -0.05) is 120 Å². The largest absolute Gasteiger partial charge is 0.308 e. The van der Waals surface area contributed by atoms with Crippen molar-refractivity contribution in [1.29, 1.82) is 0 Å². The second-order valence-corrected chi connectivity index (χ2v) is 21.7. The van der Waals surface area contributed by atoms with Gasteiger partial charge in [-0.15, -0.1) is 0 Å².